The topological polar surface area (TPSA) is 109 Å². The van der Waals surface area contributed by atoms with Gasteiger partial charge >= 0.3 is 5.63 Å². The van der Waals surface area contributed by atoms with Crippen LogP contribution >= 0.6 is 0 Å². The minimum Gasteiger partial charge on any atom is -0.508 e. The van der Waals surface area contributed by atoms with Crippen molar-refractivity contribution in [3.63, 3.8) is 0 Å². The van der Waals surface area contributed by atoms with Crippen molar-refractivity contribution in [1.29, 1.82) is 0 Å². The summed E-state index contributed by atoms with van der Waals surface area (Å²) in [6, 6.07) is 9.65. The fourth-order valence-corrected chi connectivity index (χ4v) is 2.88. The van der Waals surface area contributed by atoms with Gasteiger partial charge in [0.05, 0.1) is 24.5 Å². The summed E-state index contributed by atoms with van der Waals surface area (Å²) in [5, 5.41) is 22.6. The van der Waals surface area contributed by atoms with E-state index in [0.29, 0.717) is 17.5 Å². The maximum atomic E-state index is 12.3. The lowest BCUT2D eigenvalue weighted by atomic mass is 10.0. The van der Waals surface area contributed by atoms with E-state index in [2.05, 4.69) is 5.32 Å². The van der Waals surface area contributed by atoms with Crippen LogP contribution in [0.25, 0.3) is 11.0 Å². The van der Waals surface area contributed by atoms with Gasteiger partial charge in [-0.2, -0.15) is 0 Å². The number of rotatable bonds is 5. The molecule has 1 aromatic heterocycles. The van der Waals surface area contributed by atoms with Crippen LogP contribution in [0, 0.1) is 6.92 Å². The fourth-order valence-electron chi connectivity index (χ4n) is 2.88. The van der Waals surface area contributed by atoms with Crippen LogP contribution < -0.4 is 15.7 Å². The second-order valence-electron chi connectivity index (χ2n) is 6.13. The van der Waals surface area contributed by atoms with E-state index in [1.54, 1.807) is 26.2 Å². The molecule has 0 bridgehead atoms. The normalized spacial score (nSPS) is 10.7. The Morgan fingerprint density at radius 2 is 1.89 bits per heavy atom. The Bertz CT molecular complexity index is 1050. The van der Waals surface area contributed by atoms with Crippen LogP contribution in [0.1, 0.15) is 16.7 Å². The van der Waals surface area contributed by atoms with Crippen molar-refractivity contribution in [2.75, 3.05) is 7.11 Å². The zero-order valence-electron chi connectivity index (χ0n) is 14.9. The van der Waals surface area contributed by atoms with E-state index in [0.717, 1.165) is 17.4 Å². The molecule has 3 N–H and O–H groups in total. The Morgan fingerprint density at radius 3 is 2.56 bits per heavy atom. The van der Waals surface area contributed by atoms with E-state index in [-0.39, 0.29) is 35.0 Å². The number of carbonyl (C=O) groups is 1. The highest BCUT2D eigenvalue weighted by atomic mass is 16.5. The zero-order valence-corrected chi connectivity index (χ0v) is 14.9. The molecule has 0 aliphatic heterocycles. The molecule has 1 amide bonds. The predicted molar refractivity (Wildman–Crippen MR) is 99.1 cm³/mol. The fraction of sp³-hybridized carbons (Fsp3) is 0.200. The molecule has 0 aliphatic rings. The van der Waals surface area contributed by atoms with Crippen LogP contribution in [0.5, 0.6) is 17.2 Å². The van der Waals surface area contributed by atoms with Gasteiger partial charge in [0, 0.05) is 18.7 Å². The van der Waals surface area contributed by atoms with Crippen molar-refractivity contribution in [2.24, 2.45) is 0 Å². The average Bonchev–Trinajstić information content (AvgIpc) is 2.63. The molecule has 0 radical (unpaired) electrons. The smallest absolute Gasteiger partial charge is 0.340 e. The van der Waals surface area contributed by atoms with Crippen LogP contribution in [-0.2, 0) is 17.8 Å². The summed E-state index contributed by atoms with van der Waals surface area (Å²) < 4.78 is 10.2. The molecule has 140 valence electrons. The molecular weight excluding hydrogens is 350 g/mol. The second-order valence-corrected chi connectivity index (χ2v) is 6.13. The van der Waals surface area contributed by atoms with Gasteiger partial charge in [0.1, 0.15) is 22.8 Å². The number of nitrogens with one attached hydrogen (secondary N) is 1. The number of methoxy groups -OCH3 is 1. The molecular formula is C20H19NO6. The van der Waals surface area contributed by atoms with Crippen molar-refractivity contribution in [2.45, 2.75) is 19.9 Å². The first-order valence-corrected chi connectivity index (χ1v) is 8.27. The van der Waals surface area contributed by atoms with Gasteiger partial charge in [-0.15, -0.1) is 0 Å². The molecule has 27 heavy (non-hydrogen) atoms. The van der Waals surface area contributed by atoms with Gasteiger partial charge in [-0.05, 0) is 30.2 Å². The number of aryl methyl sites for hydroxylation is 1. The number of aromatic hydroxyl groups is 2. The Morgan fingerprint density at radius 1 is 1.19 bits per heavy atom. The van der Waals surface area contributed by atoms with E-state index in [4.69, 9.17) is 9.15 Å². The van der Waals surface area contributed by atoms with Gasteiger partial charge in [-0.25, -0.2) is 4.79 Å². The van der Waals surface area contributed by atoms with Gasteiger partial charge in [-0.1, -0.05) is 12.1 Å². The maximum absolute atomic E-state index is 12.3. The molecule has 1 heterocycles. The molecule has 0 aliphatic carbocycles. The first-order valence-electron chi connectivity index (χ1n) is 8.27. The third kappa shape index (κ3) is 3.87. The van der Waals surface area contributed by atoms with Crippen LogP contribution in [0.4, 0.5) is 0 Å². The van der Waals surface area contributed by atoms with Gasteiger partial charge in [-0.3, -0.25) is 4.79 Å². The van der Waals surface area contributed by atoms with E-state index in [9.17, 15) is 19.8 Å². The monoisotopic (exact) mass is 369 g/mol. The number of fused-ring (bicyclic) bond motifs is 1. The van der Waals surface area contributed by atoms with Crippen molar-refractivity contribution in [3.8, 4) is 17.2 Å². The van der Waals surface area contributed by atoms with Gasteiger partial charge in [0.15, 0.2) is 0 Å². The number of ether oxygens (including phenoxy) is 1. The highest BCUT2D eigenvalue weighted by molar-refractivity contribution is 5.89. The van der Waals surface area contributed by atoms with E-state index < -0.39 is 5.63 Å². The zero-order chi connectivity index (χ0) is 19.6. The van der Waals surface area contributed by atoms with Gasteiger partial charge in [0.25, 0.3) is 0 Å². The van der Waals surface area contributed by atoms with E-state index in [1.165, 1.54) is 6.07 Å². The Balaban J connectivity index is 1.79. The van der Waals surface area contributed by atoms with Crippen LogP contribution in [0.3, 0.4) is 0 Å². The van der Waals surface area contributed by atoms with Gasteiger partial charge in [0.2, 0.25) is 5.91 Å². The Labute approximate surface area is 154 Å². The summed E-state index contributed by atoms with van der Waals surface area (Å²) in [7, 11) is 1.58. The summed E-state index contributed by atoms with van der Waals surface area (Å²) in [4.78, 5) is 24.5. The average molecular weight is 369 g/mol. The molecule has 7 heteroatoms. The van der Waals surface area contributed by atoms with Crippen molar-refractivity contribution in [3.05, 3.63) is 63.5 Å². The standard InChI is InChI=1S/C20H19NO6/c1-11-15(20(25)27-17-8-13(22)7-16(23)19(11)17)9-18(24)21-10-12-3-5-14(26-2)6-4-12/h3-8,22-23H,9-10H2,1-2H3,(H,21,24). The van der Waals surface area contributed by atoms with Crippen LogP contribution in [-0.4, -0.2) is 23.2 Å². The first-order chi connectivity index (χ1) is 12.9. The SMILES string of the molecule is COc1ccc(CNC(=O)Cc2c(C)c3c(O)cc(O)cc3oc2=O)cc1. The lowest BCUT2D eigenvalue weighted by molar-refractivity contribution is -0.120. The van der Waals surface area contributed by atoms with Crippen molar-refractivity contribution in [1.82, 2.24) is 5.32 Å². The van der Waals surface area contributed by atoms with Crippen molar-refractivity contribution < 1.29 is 24.2 Å². The number of phenols is 2. The summed E-state index contributed by atoms with van der Waals surface area (Å²) in [5.41, 5.74) is 0.885. The molecule has 0 spiro atoms. The molecule has 2 aromatic carbocycles. The summed E-state index contributed by atoms with van der Waals surface area (Å²) in [6.45, 7) is 1.93. The summed E-state index contributed by atoms with van der Waals surface area (Å²) in [6.07, 6.45) is -0.180. The third-order valence-corrected chi connectivity index (χ3v) is 4.33. The number of phenolic OH excluding ortho intramolecular Hbond substituents is 2. The first kappa shape index (κ1) is 18.3. The summed E-state index contributed by atoms with van der Waals surface area (Å²) in [5.74, 6) is -0.0576. The minimum atomic E-state index is -0.676. The number of hydrogen-bond donors (Lipinski definition) is 3. The Hall–Kier alpha value is -3.48. The third-order valence-electron chi connectivity index (χ3n) is 4.33. The van der Waals surface area contributed by atoms with Crippen LogP contribution in [0.15, 0.2) is 45.6 Å². The highest BCUT2D eigenvalue weighted by Gasteiger charge is 2.17. The molecule has 0 atom stereocenters. The van der Waals surface area contributed by atoms with Gasteiger partial charge < -0.3 is 24.7 Å². The van der Waals surface area contributed by atoms with E-state index in [1.807, 2.05) is 12.1 Å². The largest absolute Gasteiger partial charge is 0.508 e. The molecule has 0 saturated heterocycles. The molecule has 0 unspecified atom stereocenters. The lowest BCUT2D eigenvalue weighted by Crippen LogP contribution is -2.27. The number of benzene rings is 2. The van der Waals surface area contributed by atoms with Crippen molar-refractivity contribution >= 4 is 16.9 Å². The molecule has 0 saturated carbocycles. The number of amides is 1. The summed E-state index contributed by atoms with van der Waals surface area (Å²) >= 11 is 0. The van der Waals surface area contributed by atoms with Crippen LogP contribution in [0.2, 0.25) is 0 Å². The lowest BCUT2D eigenvalue weighted by Gasteiger charge is -2.10. The quantitative estimate of drug-likeness (QED) is 0.596. The molecule has 3 rings (SSSR count). The maximum Gasteiger partial charge on any atom is 0.340 e. The highest BCUT2D eigenvalue weighted by Crippen LogP contribution is 2.32. The Kier molecular flexibility index (Phi) is 5.03. The predicted octanol–water partition coefficient (Wildman–Crippen LogP) is 2.38. The molecule has 0 fully saturated rings. The molecule has 7 nitrogen and oxygen atoms in total. The number of hydrogen-bond acceptors (Lipinski definition) is 6. The minimum absolute atomic E-state index is 0.0670. The number of carbonyl (C=O) groups excluding carboxylic acids is 1. The second kappa shape index (κ2) is 7.41. The molecule has 3 aromatic rings. The van der Waals surface area contributed by atoms with E-state index >= 15 is 0 Å².